The van der Waals surface area contributed by atoms with Crippen LogP contribution in [0.25, 0.3) is 22.6 Å². The third-order valence-corrected chi connectivity index (χ3v) is 5.73. The van der Waals surface area contributed by atoms with E-state index >= 15 is 0 Å². The molecule has 1 amide bonds. The predicted octanol–water partition coefficient (Wildman–Crippen LogP) is 5.72. The van der Waals surface area contributed by atoms with Crippen molar-refractivity contribution in [3.8, 4) is 39.8 Å². The highest BCUT2D eigenvalue weighted by Gasteiger charge is 2.23. The number of carbonyl (C=O) groups is 1. The molecule has 0 spiro atoms. The Kier molecular flexibility index (Phi) is 6.40. The van der Waals surface area contributed by atoms with Crippen molar-refractivity contribution in [2.45, 2.75) is 20.0 Å². The molecule has 8 nitrogen and oxygen atoms in total. The topological polar surface area (TPSA) is 86.4 Å². The highest BCUT2D eigenvalue weighted by atomic mass is 16.5. The maximum absolute atomic E-state index is 12.2. The van der Waals surface area contributed by atoms with Crippen LogP contribution in [0.1, 0.15) is 19.2 Å². The fourth-order valence-corrected chi connectivity index (χ4v) is 3.92. The molecule has 2 heterocycles. The summed E-state index contributed by atoms with van der Waals surface area (Å²) in [6.45, 7) is 1.95. The van der Waals surface area contributed by atoms with E-state index in [9.17, 15) is 4.79 Å². The summed E-state index contributed by atoms with van der Waals surface area (Å²) in [5.74, 6) is 3.07. The molecule has 0 radical (unpaired) electrons. The molecule has 0 aliphatic carbocycles. The number of carbonyl (C=O) groups excluding carboxylic acids is 1. The maximum atomic E-state index is 12.2. The first-order valence-electron chi connectivity index (χ1n) is 11.4. The summed E-state index contributed by atoms with van der Waals surface area (Å²) in [7, 11) is 3.26. The zero-order chi connectivity index (χ0) is 25.1. The number of amides is 1. The normalized spacial score (nSPS) is 13.0. The monoisotopic (exact) mass is 483 g/mol. The van der Waals surface area contributed by atoms with E-state index in [1.165, 1.54) is 5.01 Å². The zero-order valence-electron chi connectivity index (χ0n) is 20.2. The van der Waals surface area contributed by atoms with Crippen LogP contribution in [0.2, 0.25) is 0 Å². The summed E-state index contributed by atoms with van der Waals surface area (Å²) < 4.78 is 22.7. The van der Waals surface area contributed by atoms with Crippen molar-refractivity contribution in [3.63, 3.8) is 0 Å². The Balaban J connectivity index is 1.42. The van der Waals surface area contributed by atoms with Crippen LogP contribution in [0.5, 0.6) is 17.2 Å². The third kappa shape index (κ3) is 4.79. The van der Waals surface area contributed by atoms with Crippen LogP contribution in [-0.4, -0.2) is 30.8 Å². The van der Waals surface area contributed by atoms with Gasteiger partial charge in [-0.15, -0.1) is 0 Å². The fourth-order valence-electron chi connectivity index (χ4n) is 3.92. The van der Waals surface area contributed by atoms with Crippen molar-refractivity contribution in [1.29, 1.82) is 0 Å². The second-order valence-corrected chi connectivity index (χ2v) is 8.25. The molecule has 1 aliphatic rings. The number of methoxy groups -OCH3 is 2. The van der Waals surface area contributed by atoms with Gasteiger partial charge in [0.05, 0.1) is 26.3 Å². The minimum Gasteiger partial charge on any atom is -0.497 e. The molecule has 0 bridgehead atoms. The van der Waals surface area contributed by atoms with Gasteiger partial charge in [-0.3, -0.25) is 4.79 Å². The molecule has 0 atom stereocenters. The quantitative estimate of drug-likeness (QED) is 0.319. The minimum atomic E-state index is -0.0642. The molecule has 0 N–H and O–H groups in total. The Morgan fingerprint density at radius 3 is 2.17 bits per heavy atom. The molecule has 5 rings (SSSR count). The van der Waals surface area contributed by atoms with Gasteiger partial charge in [-0.05, 0) is 67.6 Å². The lowest BCUT2D eigenvalue weighted by atomic mass is 10.1. The van der Waals surface area contributed by atoms with Crippen molar-refractivity contribution in [3.05, 3.63) is 78.7 Å². The van der Waals surface area contributed by atoms with Crippen LogP contribution in [0.3, 0.4) is 0 Å². The number of hydrazone groups is 1. The Bertz CT molecular complexity index is 1340. The van der Waals surface area contributed by atoms with Gasteiger partial charge in [0.25, 0.3) is 5.91 Å². The first-order chi connectivity index (χ1) is 17.5. The largest absolute Gasteiger partial charge is 0.497 e. The first-order valence-corrected chi connectivity index (χ1v) is 11.4. The zero-order valence-corrected chi connectivity index (χ0v) is 20.2. The minimum absolute atomic E-state index is 0.0642. The van der Waals surface area contributed by atoms with Crippen molar-refractivity contribution in [2.24, 2.45) is 5.10 Å². The van der Waals surface area contributed by atoms with Gasteiger partial charge in [0.15, 0.2) is 12.4 Å². The number of hydrogen-bond acceptors (Lipinski definition) is 7. The third-order valence-electron chi connectivity index (χ3n) is 5.73. The van der Waals surface area contributed by atoms with Crippen molar-refractivity contribution in [2.75, 3.05) is 19.2 Å². The van der Waals surface area contributed by atoms with E-state index in [4.69, 9.17) is 23.6 Å². The summed E-state index contributed by atoms with van der Waals surface area (Å²) in [5, 5.41) is 5.70. The summed E-state index contributed by atoms with van der Waals surface area (Å²) in [4.78, 5) is 16.9. The molecule has 0 saturated carbocycles. The summed E-state index contributed by atoms with van der Waals surface area (Å²) >= 11 is 0. The van der Waals surface area contributed by atoms with Gasteiger partial charge in [0, 0.05) is 22.9 Å². The molecular formula is C28H25N3O5. The van der Waals surface area contributed by atoms with Crippen LogP contribution in [0.4, 0.5) is 5.69 Å². The molecule has 8 heteroatoms. The summed E-state index contributed by atoms with van der Waals surface area (Å²) in [6.07, 6.45) is 0.323. The molecule has 0 unspecified atom stereocenters. The van der Waals surface area contributed by atoms with Gasteiger partial charge in [-0.2, -0.15) is 5.10 Å². The molecule has 1 aromatic heterocycles. The van der Waals surface area contributed by atoms with Gasteiger partial charge < -0.3 is 18.6 Å². The average molecular weight is 484 g/mol. The average Bonchev–Trinajstić information content (AvgIpc) is 3.50. The van der Waals surface area contributed by atoms with E-state index in [1.807, 2.05) is 73.7 Å². The Morgan fingerprint density at radius 2 is 1.56 bits per heavy atom. The number of aromatic nitrogens is 1. The van der Waals surface area contributed by atoms with Gasteiger partial charge >= 0.3 is 0 Å². The second-order valence-electron chi connectivity index (χ2n) is 8.25. The van der Waals surface area contributed by atoms with Gasteiger partial charge in [-0.25, -0.2) is 9.99 Å². The van der Waals surface area contributed by atoms with E-state index in [-0.39, 0.29) is 12.5 Å². The molecular weight excluding hydrogens is 458 g/mol. The van der Waals surface area contributed by atoms with Crippen molar-refractivity contribution >= 4 is 17.3 Å². The van der Waals surface area contributed by atoms with Crippen LogP contribution >= 0.6 is 0 Å². The maximum Gasteiger partial charge on any atom is 0.253 e. The van der Waals surface area contributed by atoms with Crippen molar-refractivity contribution < 1.29 is 23.4 Å². The van der Waals surface area contributed by atoms with Gasteiger partial charge in [0.2, 0.25) is 5.89 Å². The molecule has 0 saturated heterocycles. The number of hydrogen-bond donors (Lipinski definition) is 0. The summed E-state index contributed by atoms with van der Waals surface area (Å²) in [6, 6.07) is 22.5. The Hall–Kier alpha value is -4.59. The van der Waals surface area contributed by atoms with Gasteiger partial charge in [0.1, 0.15) is 22.9 Å². The van der Waals surface area contributed by atoms with E-state index in [2.05, 4.69) is 5.10 Å². The molecule has 0 fully saturated rings. The highest BCUT2D eigenvalue weighted by Crippen LogP contribution is 2.35. The van der Waals surface area contributed by atoms with E-state index < -0.39 is 0 Å². The van der Waals surface area contributed by atoms with Crippen LogP contribution in [0.15, 0.2) is 82.3 Å². The number of oxazole rings is 1. The highest BCUT2D eigenvalue weighted by molar-refractivity contribution is 6.12. The number of rotatable bonds is 8. The van der Waals surface area contributed by atoms with Gasteiger partial charge in [-0.1, -0.05) is 6.07 Å². The lowest BCUT2D eigenvalue weighted by Gasteiger charge is -2.13. The molecule has 36 heavy (non-hydrogen) atoms. The van der Waals surface area contributed by atoms with Crippen LogP contribution in [-0.2, 0) is 11.4 Å². The van der Waals surface area contributed by atoms with E-state index in [0.717, 1.165) is 28.3 Å². The molecule has 4 aromatic rings. The number of ether oxygens (including phenoxy) is 3. The lowest BCUT2D eigenvalue weighted by molar-refractivity contribution is -0.116. The SMILES string of the molecule is COc1ccc(-c2nc(COc3cccc(N4N=C(C)CC4=O)c3)oc2-c2ccc(OC)cc2)cc1. The molecule has 182 valence electrons. The standard InChI is InChI=1S/C28H25N3O5/c1-18-15-26(32)31(30-18)21-5-4-6-24(16-21)35-17-25-29-27(19-7-11-22(33-2)12-8-19)28(36-25)20-9-13-23(34-3)14-10-20/h4-14,16H,15,17H2,1-3H3. The van der Waals surface area contributed by atoms with E-state index in [0.29, 0.717) is 35.2 Å². The Labute approximate surface area is 208 Å². The van der Waals surface area contributed by atoms with Crippen molar-refractivity contribution in [1.82, 2.24) is 4.98 Å². The number of anilines is 1. The first kappa shape index (κ1) is 23.2. The molecule has 1 aliphatic heterocycles. The van der Waals surface area contributed by atoms with Crippen LogP contribution < -0.4 is 19.2 Å². The molecule has 3 aromatic carbocycles. The lowest BCUT2D eigenvalue weighted by Crippen LogP contribution is -2.19. The fraction of sp³-hybridized carbons (Fsp3) is 0.179. The second kappa shape index (κ2) is 9.95. The van der Waals surface area contributed by atoms with Crippen LogP contribution in [0, 0.1) is 0 Å². The number of benzene rings is 3. The Morgan fingerprint density at radius 1 is 0.889 bits per heavy atom. The predicted molar refractivity (Wildman–Crippen MR) is 136 cm³/mol. The smallest absolute Gasteiger partial charge is 0.253 e. The number of nitrogens with zero attached hydrogens (tertiary/aromatic N) is 3. The van der Waals surface area contributed by atoms with E-state index in [1.54, 1.807) is 20.3 Å². The summed E-state index contributed by atoms with van der Waals surface area (Å²) in [5.41, 5.74) is 3.88.